The van der Waals surface area contributed by atoms with Gasteiger partial charge in [-0.1, -0.05) is 115 Å². The zero-order chi connectivity index (χ0) is 31.7. The molecular weight excluding hydrogens is 590 g/mol. The van der Waals surface area contributed by atoms with Gasteiger partial charge in [0.05, 0.1) is 10.5 Å². The number of carbonyl (C=O) groups is 1. The van der Waals surface area contributed by atoms with Crippen LogP contribution in [-0.4, -0.2) is 40.7 Å². The van der Waals surface area contributed by atoms with Crippen molar-refractivity contribution in [2.24, 2.45) is 5.92 Å². The predicted octanol–water partition coefficient (Wildman–Crippen LogP) is 8.06. The van der Waals surface area contributed by atoms with Gasteiger partial charge in [-0.25, -0.2) is 4.68 Å². The summed E-state index contributed by atoms with van der Waals surface area (Å²) in [5, 5.41) is 10.0. The number of nitrogens with one attached hydrogen (secondary N) is 1. The van der Waals surface area contributed by atoms with Gasteiger partial charge in [-0.2, -0.15) is 5.10 Å². The van der Waals surface area contributed by atoms with E-state index in [0.717, 1.165) is 64.7 Å². The van der Waals surface area contributed by atoms with Crippen molar-refractivity contribution >= 4 is 39.9 Å². The first-order chi connectivity index (χ1) is 22.4. The lowest BCUT2D eigenvalue weighted by Gasteiger charge is -2.37. The number of rotatable bonds is 7. The first-order valence-electron chi connectivity index (χ1n) is 15.7. The van der Waals surface area contributed by atoms with Crippen molar-refractivity contribution in [1.29, 1.82) is 0 Å². The zero-order valence-electron chi connectivity index (χ0n) is 25.7. The molecule has 230 valence electrons. The zero-order valence-corrected chi connectivity index (χ0v) is 26.5. The lowest BCUT2D eigenvalue weighted by atomic mass is 9.77. The second-order valence-electron chi connectivity index (χ2n) is 12.1. The Bertz CT molecular complexity index is 1890. The van der Waals surface area contributed by atoms with Gasteiger partial charge in [-0.3, -0.25) is 4.79 Å². The van der Waals surface area contributed by atoms with Crippen LogP contribution in [-0.2, 0) is 10.3 Å². The average molecular weight is 626 g/mol. The van der Waals surface area contributed by atoms with Gasteiger partial charge >= 0.3 is 0 Å². The van der Waals surface area contributed by atoms with E-state index in [9.17, 15) is 4.79 Å². The molecule has 7 rings (SSSR count). The molecule has 5 aromatic carbocycles. The number of hydrogen-bond acceptors (Lipinski definition) is 4. The van der Waals surface area contributed by atoms with Crippen molar-refractivity contribution in [3.8, 4) is 11.1 Å². The van der Waals surface area contributed by atoms with Crippen LogP contribution >= 0.6 is 11.6 Å². The van der Waals surface area contributed by atoms with E-state index >= 15 is 0 Å². The number of carbonyl (C=O) groups excluding carboxylic acids is 1. The van der Waals surface area contributed by atoms with Crippen LogP contribution in [0.3, 0.4) is 0 Å². The molecule has 1 aliphatic heterocycles. The molecule has 1 fully saturated rings. The molecule has 1 aliphatic rings. The standard InChI is InChI=1S/C39H36ClN5O/c1-44-23-21-27(22-24-44)38(46)42-37-34-25-28(33-19-18-32(41)26-35(33)40)17-20-36(34)45(43-37)39(29-11-5-2-6-12-29,30-13-7-3-8-14-30)31-15-9-4-10-16-31/h2-20,25-27H,21-24,41H2,1H3,(H,42,43,46). The maximum atomic E-state index is 13.8. The highest BCUT2D eigenvalue weighted by Crippen LogP contribution is 2.44. The van der Waals surface area contributed by atoms with Crippen LogP contribution in [0.15, 0.2) is 127 Å². The van der Waals surface area contributed by atoms with Crippen molar-refractivity contribution < 1.29 is 4.79 Å². The van der Waals surface area contributed by atoms with Crippen LogP contribution in [0.1, 0.15) is 29.5 Å². The fourth-order valence-corrected chi connectivity index (χ4v) is 7.09. The van der Waals surface area contributed by atoms with E-state index in [4.69, 9.17) is 22.4 Å². The van der Waals surface area contributed by atoms with E-state index in [1.165, 1.54) is 0 Å². The van der Waals surface area contributed by atoms with Crippen LogP contribution in [0, 0.1) is 5.92 Å². The molecule has 0 unspecified atom stereocenters. The average Bonchev–Trinajstić information content (AvgIpc) is 3.44. The molecule has 0 atom stereocenters. The molecule has 6 nitrogen and oxygen atoms in total. The van der Waals surface area contributed by atoms with Crippen LogP contribution in [0.5, 0.6) is 0 Å². The van der Waals surface area contributed by atoms with Gasteiger partial charge in [0.2, 0.25) is 5.91 Å². The molecule has 1 saturated heterocycles. The third-order valence-electron chi connectivity index (χ3n) is 9.21. The minimum Gasteiger partial charge on any atom is -0.399 e. The first kappa shape index (κ1) is 29.8. The summed E-state index contributed by atoms with van der Waals surface area (Å²) in [5.74, 6) is 0.452. The normalized spacial score (nSPS) is 14.4. The highest BCUT2D eigenvalue weighted by Gasteiger charge is 2.41. The summed E-state index contributed by atoms with van der Waals surface area (Å²) in [6, 6.07) is 43.1. The minimum absolute atomic E-state index is 0.000281. The van der Waals surface area contributed by atoms with Crippen molar-refractivity contribution in [1.82, 2.24) is 14.7 Å². The molecule has 0 radical (unpaired) electrons. The molecule has 0 spiro atoms. The predicted molar refractivity (Wildman–Crippen MR) is 188 cm³/mol. The maximum absolute atomic E-state index is 13.8. The first-order valence-corrected chi connectivity index (χ1v) is 16.1. The fraction of sp³-hybridized carbons (Fsp3) is 0.179. The Morgan fingerprint density at radius 1 is 0.804 bits per heavy atom. The third kappa shape index (κ3) is 5.34. The van der Waals surface area contributed by atoms with Crippen molar-refractivity contribution in [3.63, 3.8) is 0 Å². The van der Waals surface area contributed by atoms with Crippen molar-refractivity contribution in [2.75, 3.05) is 31.2 Å². The summed E-state index contributed by atoms with van der Waals surface area (Å²) < 4.78 is 2.08. The summed E-state index contributed by atoms with van der Waals surface area (Å²) in [6.07, 6.45) is 1.63. The molecule has 1 amide bonds. The SMILES string of the molecule is CN1CCC(C(=O)Nc2nn(C(c3ccccc3)(c3ccccc3)c3ccccc3)c3ccc(-c4ccc(N)cc4Cl)cc23)CC1. The highest BCUT2D eigenvalue weighted by atomic mass is 35.5. The summed E-state index contributed by atoms with van der Waals surface area (Å²) in [5.41, 5.74) is 11.6. The fourth-order valence-electron chi connectivity index (χ4n) is 6.79. The topological polar surface area (TPSA) is 76.2 Å². The second kappa shape index (κ2) is 12.5. The Morgan fingerprint density at radius 3 is 1.91 bits per heavy atom. The van der Waals surface area contributed by atoms with Crippen LogP contribution in [0.4, 0.5) is 11.5 Å². The van der Waals surface area contributed by atoms with Gasteiger partial charge in [0.15, 0.2) is 5.82 Å². The summed E-state index contributed by atoms with van der Waals surface area (Å²) in [7, 11) is 2.10. The second-order valence-corrected chi connectivity index (χ2v) is 12.5. The Morgan fingerprint density at radius 2 is 1.37 bits per heavy atom. The van der Waals surface area contributed by atoms with Gasteiger partial charge in [0.25, 0.3) is 0 Å². The van der Waals surface area contributed by atoms with Gasteiger partial charge in [-0.15, -0.1) is 0 Å². The molecule has 7 heteroatoms. The minimum atomic E-state index is -0.848. The Balaban J connectivity index is 1.50. The van der Waals surface area contributed by atoms with Gasteiger partial charge < -0.3 is 16.0 Å². The number of nitrogen functional groups attached to an aromatic ring is 1. The molecule has 3 N–H and O–H groups in total. The molecular formula is C39H36ClN5O. The monoisotopic (exact) mass is 625 g/mol. The smallest absolute Gasteiger partial charge is 0.228 e. The van der Waals surface area contributed by atoms with Gasteiger partial charge in [-0.05, 0) is 79.5 Å². The number of anilines is 2. The van der Waals surface area contributed by atoms with Crippen molar-refractivity contribution in [2.45, 2.75) is 18.4 Å². The van der Waals surface area contributed by atoms with E-state index in [1.54, 1.807) is 6.07 Å². The van der Waals surface area contributed by atoms with Gasteiger partial charge in [0, 0.05) is 22.6 Å². The highest BCUT2D eigenvalue weighted by molar-refractivity contribution is 6.33. The van der Waals surface area contributed by atoms with Crippen LogP contribution < -0.4 is 11.1 Å². The Kier molecular flexibility index (Phi) is 8.07. The molecule has 0 aliphatic carbocycles. The number of halogens is 1. The number of nitrogens with two attached hydrogens (primary N) is 1. The molecule has 0 saturated carbocycles. The van der Waals surface area contributed by atoms with E-state index in [1.807, 2.05) is 30.3 Å². The molecule has 6 aromatic rings. The number of amides is 1. The largest absolute Gasteiger partial charge is 0.399 e. The van der Waals surface area contributed by atoms with Crippen LogP contribution in [0.2, 0.25) is 5.02 Å². The Labute approximate surface area is 274 Å². The molecule has 1 aromatic heterocycles. The summed E-state index contributed by atoms with van der Waals surface area (Å²) in [6.45, 7) is 1.79. The van der Waals surface area contributed by atoms with E-state index in [0.29, 0.717) is 16.5 Å². The van der Waals surface area contributed by atoms with E-state index < -0.39 is 5.54 Å². The summed E-state index contributed by atoms with van der Waals surface area (Å²) in [4.78, 5) is 16.1. The molecule has 46 heavy (non-hydrogen) atoms. The number of nitrogens with zero attached hydrogens (tertiary/aromatic N) is 3. The van der Waals surface area contributed by atoms with Crippen LogP contribution in [0.25, 0.3) is 22.0 Å². The maximum Gasteiger partial charge on any atom is 0.228 e. The Hall–Kier alpha value is -4.91. The lowest BCUT2D eigenvalue weighted by molar-refractivity contribution is -0.121. The number of fused-ring (bicyclic) bond motifs is 1. The summed E-state index contributed by atoms with van der Waals surface area (Å²) >= 11 is 6.70. The quantitative estimate of drug-likeness (QED) is 0.139. The third-order valence-corrected chi connectivity index (χ3v) is 9.52. The van der Waals surface area contributed by atoms with E-state index in [2.05, 4.69) is 113 Å². The molecule has 0 bridgehead atoms. The number of hydrogen-bond donors (Lipinski definition) is 2. The van der Waals surface area contributed by atoms with E-state index in [-0.39, 0.29) is 11.8 Å². The lowest BCUT2D eigenvalue weighted by Crippen LogP contribution is -2.39. The van der Waals surface area contributed by atoms with Gasteiger partial charge in [0.1, 0.15) is 5.54 Å². The van der Waals surface area contributed by atoms with Crippen molar-refractivity contribution in [3.05, 3.63) is 149 Å². The number of likely N-dealkylation sites (tertiary alicyclic amines) is 1. The number of benzene rings is 5. The number of piperidine rings is 1. The number of aromatic nitrogens is 2. The molecule has 2 heterocycles.